The molecule has 5 heteroatoms. The Hall–Kier alpha value is -1.65. The van der Waals surface area contributed by atoms with Crippen LogP contribution in [0.2, 0.25) is 0 Å². The predicted octanol–water partition coefficient (Wildman–Crippen LogP) is 1.06. The fraction of sp³-hybridized carbons (Fsp3) is 0.444. The summed E-state index contributed by atoms with van der Waals surface area (Å²) in [5, 5.41) is 3.11. The van der Waals surface area contributed by atoms with Gasteiger partial charge in [-0.1, -0.05) is 0 Å². The molecule has 2 aromatic rings. The summed E-state index contributed by atoms with van der Waals surface area (Å²) >= 11 is 0. The molecule has 2 aromatic heterocycles. The van der Waals surface area contributed by atoms with Gasteiger partial charge in [0.25, 0.3) is 5.78 Å². The van der Waals surface area contributed by atoms with Crippen molar-refractivity contribution in [1.82, 2.24) is 19.6 Å². The molecule has 5 nitrogen and oxygen atoms in total. The fourth-order valence-electron chi connectivity index (χ4n) is 1.64. The van der Waals surface area contributed by atoms with Gasteiger partial charge in [-0.05, 0) is 19.8 Å². The SMILES string of the molecule is Cc1nc2nc(C3CC3)[nH]n2c1C=O. The number of carbonyl (C=O) groups is 1. The molecule has 3 rings (SSSR count). The maximum atomic E-state index is 10.8. The van der Waals surface area contributed by atoms with Gasteiger partial charge in [0.2, 0.25) is 0 Å². The van der Waals surface area contributed by atoms with E-state index in [1.165, 1.54) is 12.8 Å². The first kappa shape index (κ1) is 7.73. The van der Waals surface area contributed by atoms with E-state index in [1.807, 2.05) is 6.92 Å². The first-order valence-electron chi connectivity index (χ1n) is 4.69. The first-order chi connectivity index (χ1) is 6.79. The third-order valence-corrected chi connectivity index (χ3v) is 2.60. The molecule has 0 radical (unpaired) electrons. The zero-order chi connectivity index (χ0) is 9.71. The largest absolute Gasteiger partial charge is 0.296 e. The van der Waals surface area contributed by atoms with Gasteiger partial charge in [-0.3, -0.25) is 9.89 Å². The first-order valence-corrected chi connectivity index (χ1v) is 4.69. The van der Waals surface area contributed by atoms with Gasteiger partial charge >= 0.3 is 0 Å². The van der Waals surface area contributed by atoms with Crippen molar-refractivity contribution in [3.63, 3.8) is 0 Å². The molecule has 0 atom stereocenters. The lowest BCUT2D eigenvalue weighted by molar-refractivity contribution is 0.111. The molecule has 1 aliphatic carbocycles. The number of nitrogens with zero attached hydrogens (tertiary/aromatic N) is 3. The minimum absolute atomic E-state index is 0.552. The Balaban J connectivity index is 2.23. The van der Waals surface area contributed by atoms with E-state index in [9.17, 15) is 4.79 Å². The van der Waals surface area contributed by atoms with Crippen LogP contribution < -0.4 is 0 Å². The van der Waals surface area contributed by atoms with Gasteiger partial charge < -0.3 is 0 Å². The van der Waals surface area contributed by atoms with Gasteiger partial charge in [0.1, 0.15) is 11.5 Å². The highest BCUT2D eigenvalue weighted by atomic mass is 16.1. The zero-order valence-corrected chi connectivity index (χ0v) is 7.82. The molecule has 0 aromatic carbocycles. The summed E-state index contributed by atoms with van der Waals surface area (Å²) in [7, 11) is 0. The molecule has 0 amide bonds. The van der Waals surface area contributed by atoms with Crippen molar-refractivity contribution in [2.24, 2.45) is 0 Å². The van der Waals surface area contributed by atoms with Crippen molar-refractivity contribution >= 4 is 12.1 Å². The maximum Gasteiger partial charge on any atom is 0.251 e. The standard InChI is InChI=1S/C9H10N4O/c1-5-7(4-14)13-9(10-5)11-8(12-13)6-2-3-6/h4,6H,2-3H2,1H3,(H,10,11,12). The van der Waals surface area contributed by atoms with Crippen LogP contribution in [0.25, 0.3) is 5.78 Å². The zero-order valence-electron chi connectivity index (χ0n) is 7.82. The lowest BCUT2D eigenvalue weighted by atomic mass is 10.4. The van der Waals surface area contributed by atoms with Crippen molar-refractivity contribution in [2.45, 2.75) is 25.7 Å². The number of fused-ring (bicyclic) bond motifs is 1. The van der Waals surface area contributed by atoms with Crippen LogP contribution in [0.15, 0.2) is 0 Å². The Morgan fingerprint density at radius 2 is 2.29 bits per heavy atom. The Labute approximate surface area is 80.1 Å². The van der Waals surface area contributed by atoms with Gasteiger partial charge in [-0.2, -0.15) is 4.98 Å². The van der Waals surface area contributed by atoms with E-state index in [-0.39, 0.29) is 0 Å². The topological polar surface area (TPSA) is 63.1 Å². The molecule has 1 N–H and O–H groups in total. The van der Waals surface area contributed by atoms with Crippen LogP contribution >= 0.6 is 0 Å². The molecule has 2 heterocycles. The van der Waals surface area contributed by atoms with Gasteiger partial charge in [0, 0.05) is 5.92 Å². The smallest absolute Gasteiger partial charge is 0.251 e. The number of hydrogen-bond acceptors (Lipinski definition) is 3. The summed E-state index contributed by atoms with van der Waals surface area (Å²) in [5.41, 5.74) is 1.29. The molecule has 0 spiro atoms. The third kappa shape index (κ3) is 0.921. The summed E-state index contributed by atoms with van der Waals surface area (Å²) < 4.78 is 1.66. The number of aromatic nitrogens is 4. The minimum Gasteiger partial charge on any atom is -0.296 e. The van der Waals surface area contributed by atoms with E-state index in [0.717, 1.165) is 17.8 Å². The highest BCUT2D eigenvalue weighted by Crippen LogP contribution is 2.38. The monoisotopic (exact) mass is 190 g/mol. The average Bonchev–Trinajstić information content (AvgIpc) is 2.85. The lowest BCUT2D eigenvalue weighted by Crippen LogP contribution is -1.94. The van der Waals surface area contributed by atoms with E-state index < -0.39 is 0 Å². The number of hydrogen-bond donors (Lipinski definition) is 1. The van der Waals surface area contributed by atoms with Crippen LogP contribution in [-0.2, 0) is 0 Å². The van der Waals surface area contributed by atoms with Crippen LogP contribution in [0.1, 0.15) is 40.8 Å². The minimum atomic E-state index is 0.552. The third-order valence-electron chi connectivity index (χ3n) is 2.60. The van der Waals surface area contributed by atoms with Crippen LogP contribution in [0.5, 0.6) is 0 Å². The Morgan fingerprint density at radius 1 is 1.50 bits per heavy atom. The predicted molar refractivity (Wildman–Crippen MR) is 49.4 cm³/mol. The van der Waals surface area contributed by atoms with Crippen LogP contribution in [0, 0.1) is 6.92 Å². The Morgan fingerprint density at radius 3 is 2.93 bits per heavy atom. The molecule has 1 aliphatic rings. The van der Waals surface area contributed by atoms with E-state index >= 15 is 0 Å². The van der Waals surface area contributed by atoms with Gasteiger partial charge in [0.05, 0.1) is 5.69 Å². The second kappa shape index (κ2) is 2.43. The second-order valence-corrected chi connectivity index (χ2v) is 3.72. The van der Waals surface area contributed by atoms with Gasteiger partial charge in [-0.15, -0.1) is 0 Å². The maximum absolute atomic E-state index is 10.8. The second-order valence-electron chi connectivity index (χ2n) is 3.72. The fourth-order valence-corrected chi connectivity index (χ4v) is 1.64. The summed E-state index contributed by atoms with van der Waals surface area (Å²) in [6.07, 6.45) is 3.18. The number of H-pyrrole nitrogens is 1. The van der Waals surface area contributed by atoms with Crippen LogP contribution in [0.3, 0.4) is 0 Å². The Bertz CT molecular complexity index is 506. The molecule has 14 heavy (non-hydrogen) atoms. The molecule has 0 saturated heterocycles. The summed E-state index contributed by atoms with van der Waals surface area (Å²) in [5.74, 6) is 2.11. The van der Waals surface area contributed by atoms with Crippen molar-refractivity contribution in [3.8, 4) is 0 Å². The molecule has 0 unspecified atom stereocenters. The summed E-state index contributed by atoms with van der Waals surface area (Å²) in [6.45, 7) is 1.81. The molecule has 1 fully saturated rings. The number of aldehydes is 1. The van der Waals surface area contributed by atoms with E-state index in [1.54, 1.807) is 4.52 Å². The van der Waals surface area contributed by atoms with Gasteiger partial charge in [0.15, 0.2) is 6.29 Å². The average molecular weight is 190 g/mol. The highest BCUT2D eigenvalue weighted by Gasteiger charge is 2.28. The van der Waals surface area contributed by atoms with Crippen LogP contribution in [-0.4, -0.2) is 25.9 Å². The number of rotatable bonds is 2. The normalized spacial score (nSPS) is 16.4. The number of nitrogens with one attached hydrogen (secondary N) is 1. The molecule has 0 aliphatic heterocycles. The summed E-state index contributed by atoms with van der Waals surface area (Å²) in [6, 6.07) is 0. The van der Waals surface area contributed by atoms with Crippen molar-refractivity contribution in [1.29, 1.82) is 0 Å². The van der Waals surface area contributed by atoms with Crippen molar-refractivity contribution in [2.75, 3.05) is 0 Å². The van der Waals surface area contributed by atoms with Gasteiger partial charge in [-0.25, -0.2) is 9.50 Å². The lowest BCUT2D eigenvalue weighted by Gasteiger charge is -1.89. The quantitative estimate of drug-likeness (QED) is 0.720. The van der Waals surface area contributed by atoms with Crippen molar-refractivity contribution < 1.29 is 4.79 Å². The number of aromatic amines is 1. The molecule has 0 bridgehead atoms. The number of carbonyl (C=O) groups excluding carboxylic acids is 1. The highest BCUT2D eigenvalue weighted by molar-refractivity contribution is 5.75. The Kier molecular flexibility index (Phi) is 1.34. The van der Waals surface area contributed by atoms with E-state index in [4.69, 9.17) is 0 Å². The van der Waals surface area contributed by atoms with Crippen LogP contribution in [0.4, 0.5) is 0 Å². The molecular formula is C9H10N4O. The van der Waals surface area contributed by atoms with E-state index in [2.05, 4.69) is 15.1 Å². The molecule has 72 valence electrons. The number of aryl methyl sites for hydroxylation is 1. The molecular weight excluding hydrogens is 180 g/mol. The summed E-state index contributed by atoms with van der Waals surface area (Å²) in [4.78, 5) is 19.3. The molecule has 1 saturated carbocycles. The van der Waals surface area contributed by atoms with Crippen molar-refractivity contribution in [3.05, 3.63) is 17.2 Å². The van der Waals surface area contributed by atoms with E-state index in [0.29, 0.717) is 17.4 Å². The number of imidazole rings is 1.